The number of amides is 1. The van der Waals surface area contributed by atoms with Gasteiger partial charge in [-0.3, -0.25) is 4.79 Å². The minimum atomic E-state index is 0.0339. The standard InChI is InChI=1S/C16H26N2O3/c1-4-5-9-17-12-16(19)18-10-8-13-6-7-14(20-2)15(11-13)21-3/h6-7,11,17H,4-5,8-10,12H2,1-3H3,(H,18,19). The lowest BCUT2D eigenvalue weighted by atomic mass is 10.1. The van der Waals surface area contributed by atoms with Crippen molar-refractivity contribution in [3.8, 4) is 11.5 Å². The van der Waals surface area contributed by atoms with E-state index in [4.69, 9.17) is 9.47 Å². The van der Waals surface area contributed by atoms with Crippen LogP contribution < -0.4 is 20.1 Å². The fourth-order valence-electron chi connectivity index (χ4n) is 1.95. The maximum Gasteiger partial charge on any atom is 0.233 e. The summed E-state index contributed by atoms with van der Waals surface area (Å²) < 4.78 is 10.5. The molecule has 5 nitrogen and oxygen atoms in total. The molecule has 0 bridgehead atoms. The van der Waals surface area contributed by atoms with E-state index in [1.165, 1.54) is 0 Å². The Hall–Kier alpha value is -1.75. The molecule has 0 saturated heterocycles. The summed E-state index contributed by atoms with van der Waals surface area (Å²) in [5, 5.41) is 6.02. The van der Waals surface area contributed by atoms with Crippen molar-refractivity contribution >= 4 is 5.91 Å². The van der Waals surface area contributed by atoms with E-state index < -0.39 is 0 Å². The molecule has 0 fully saturated rings. The summed E-state index contributed by atoms with van der Waals surface area (Å²) >= 11 is 0. The average Bonchev–Trinajstić information content (AvgIpc) is 2.51. The molecule has 0 aromatic heterocycles. The van der Waals surface area contributed by atoms with Crippen LogP contribution in [0, 0.1) is 0 Å². The first-order chi connectivity index (χ1) is 10.2. The van der Waals surface area contributed by atoms with Gasteiger partial charge in [-0.25, -0.2) is 0 Å². The number of benzene rings is 1. The van der Waals surface area contributed by atoms with E-state index in [1.807, 2.05) is 18.2 Å². The second-order valence-electron chi connectivity index (χ2n) is 4.82. The van der Waals surface area contributed by atoms with Crippen molar-refractivity contribution in [3.05, 3.63) is 23.8 Å². The Kier molecular flexibility index (Phi) is 8.28. The molecule has 0 heterocycles. The highest BCUT2D eigenvalue weighted by Crippen LogP contribution is 2.27. The summed E-state index contributed by atoms with van der Waals surface area (Å²) in [5.74, 6) is 1.46. The molecule has 2 N–H and O–H groups in total. The molecule has 0 aliphatic rings. The van der Waals surface area contributed by atoms with Gasteiger partial charge in [-0.15, -0.1) is 0 Å². The van der Waals surface area contributed by atoms with Crippen LogP contribution >= 0.6 is 0 Å². The molecule has 0 atom stereocenters. The quantitative estimate of drug-likeness (QED) is 0.646. The lowest BCUT2D eigenvalue weighted by molar-refractivity contribution is -0.120. The number of nitrogens with one attached hydrogen (secondary N) is 2. The van der Waals surface area contributed by atoms with Crippen LogP contribution in [0.2, 0.25) is 0 Å². The van der Waals surface area contributed by atoms with Gasteiger partial charge in [-0.2, -0.15) is 0 Å². The van der Waals surface area contributed by atoms with E-state index in [1.54, 1.807) is 14.2 Å². The van der Waals surface area contributed by atoms with Gasteiger partial charge in [-0.1, -0.05) is 19.4 Å². The summed E-state index contributed by atoms with van der Waals surface area (Å²) in [7, 11) is 3.23. The van der Waals surface area contributed by atoms with Crippen LogP contribution in [0.5, 0.6) is 11.5 Å². The van der Waals surface area contributed by atoms with Crippen molar-refractivity contribution in [2.45, 2.75) is 26.2 Å². The molecule has 0 aliphatic carbocycles. The predicted molar refractivity (Wildman–Crippen MR) is 84.0 cm³/mol. The molecule has 0 radical (unpaired) electrons. The van der Waals surface area contributed by atoms with E-state index in [0.717, 1.165) is 31.4 Å². The fourth-order valence-corrected chi connectivity index (χ4v) is 1.95. The smallest absolute Gasteiger partial charge is 0.233 e. The summed E-state index contributed by atoms with van der Waals surface area (Å²) in [6, 6.07) is 5.79. The van der Waals surface area contributed by atoms with Crippen LogP contribution in [0.3, 0.4) is 0 Å². The maximum atomic E-state index is 11.6. The van der Waals surface area contributed by atoms with Crippen molar-refractivity contribution in [1.82, 2.24) is 10.6 Å². The number of carbonyl (C=O) groups is 1. The van der Waals surface area contributed by atoms with Crippen LogP contribution in [0.4, 0.5) is 0 Å². The van der Waals surface area contributed by atoms with Gasteiger partial charge in [0.25, 0.3) is 0 Å². The Morgan fingerprint density at radius 2 is 1.90 bits per heavy atom. The number of rotatable bonds is 10. The Balaban J connectivity index is 2.30. The molecular weight excluding hydrogens is 268 g/mol. The Labute approximate surface area is 127 Å². The van der Waals surface area contributed by atoms with E-state index in [-0.39, 0.29) is 5.91 Å². The van der Waals surface area contributed by atoms with E-state index in [9.17, 15) is 4.79 Å². The van der Waals surface area contributed by atoms with Crippen molar-refractivity contribution < 1.29 is 14.3 Å². The molecule has 0 unspecified atom stereocenters. The van der Waals surface area contributed by atoms with Crippen LogP contribution in [-0.2, 0) is 11.2 Å². The second-order valence-corrected chi connectivity index (χ2v) is 4.82. The van der Waals surface area contributed by atoms with Crippen molar-refractivity contribution in [2.75, 3.05) is 33.9 Å². The van der Waals surface area contributed by atoms with Gasteiger partial charge < -0.3 is 20.1 Å². The molecule has 1 rings (SSSR count). The molecule has 1 aromatic carbocycles. The molecule has 1 amide bonds. The van der Waals surface area contributed by atoms with Gasteiger partial charge in [0.15, 0.2) is 11.5 Å². The number of methoxy groups -OCH3 is 2. The Morgan fingerprint density at radius 1 is 1.14 bits per heavy atom. The molecular formula is C16H26N2O3. The Morgan fingerprint density at radius 3 is 2.57 bits per heavy atom. The Bertz CT molecular complexity index is 436. The molecule has 1 aromatic rings. The third kappa shape index (κ3) is 6.49. The lowest BCUT2D eigenvalue weighted by Crippen LogP contribution is -2.35. The maximum absolute atomic E-state index is 11.6. The topological polar surface area (TPSA) is 59.6 Å². The van der Waals surface area contributed by atoms with Gasteiger partial charge in [0.2, 0.25) is 5.91 Å². The van der Waals surface area contributed by atoms with Gasteiger partial charge in [-0.05, 0) is 37.1 Å². The summed E-state index contributed by atoms with van der Waals surface area (Å²) in [6.45, 7) is 4.01. The number of unbranched alkanes of at least 4 members (excludes halogenated alkanes) is 1. The molecule has 0 aliphatic heterocycles. The summed E-state index contributed by atoms with van der Waals surface area (Å²) in [5.41, 5.74) is 1.10. The number of carbonyl (C=O) groups excluding carboxylic acids is 1. The summed E-state index contributed by atoms with van der Waals surface area (Å²) in [4.78, 5) is 11.6. The van der Waals surface area contributed by atoms with Crippen molar-refractivity contribution in [1.29, 1.82) is 0 Å². The molecule has 0 saturated carbocycles. The van der Waals surface area contributed by atoms with E-state index >= 15 is 0 Å². The fraction of sp³-hybridized carbons (Fsp3) is 0.562. The van der Waals surface area contributed by atoms with Gasteiger partial charge in [0.1, 0.15) is 0 Å². The highest BCUT2D eigenvalue weighted by molar-refractivity contribution is 5.77. The van der Waals surface area contributed by atoms with Gasteiger partial charge >= 0.3 is 0 Å². The molecule has 21 heavy (non-hydrogen) atoms. The van der Waals surface area contributed by atoms with Crippen LogP contribution in [0.1, 0.15) is 25.3 Å². The second kappa shape index (κ2) is 10.0. The first kappa shape index (κ1) is 17.3. The average molecular weight is 294 g/mol. The van der Waals surface area contributed by atoms with Gasteiger partial charge in [0.05, 0.1) is 20.8 Å². The highest BCUT2D eigenvalue weighted by atomic mass is 16.5. The van der Waals surface area contributed by atoms with Crippen molar-refractivity contribution in [3.63, 3.8) is 0 Å². The third-order valence-corrected chi connectivity index (χ3v) is 3.18. The predicted octanol–water partition coefficient (Wildman–Crippen LogP) is 1.75. The van der Waals surface area contributed by atoms with Crippen molar-refractivity contribution in [2.24, 2.45) is 0 Å². The first-order valence-electron chi connectivity index (χ1n) is 7.39. The van der Waals surface area contributed by atoms with Crippen LogP contribution in [-0.4, -0.2) is 39.8 Å². The van der Waals surface area contributed by atoms with E-state index in [2.05, 4.69) is 17.6 Å². The number of hydrogen-bond acceptors (Lipinski definition) is 4. The highest BCUT2D eigenvalue weighted by Gasteiger charge is 2.05. The zero-order chi connectivity index (χ0) is 15.5. The van der Waals surface area contributed by atoms with E-state index in [0.29, 0.717) is 24.6 Å². The minimum absolute atomic E-state index is 0.0339. The summed E-state index contributed by atoms with van der Waals surface area (Å²) in [6.07, 6.45) is 2.99. The van der Waals surface area contributed by atoms with Crippen LogP contribution in [0.15, 0.2) is 18.2 Å². The molecule has 0 spiro atoms. The number of hydrogen-bond donors (Lipinski definition) is 2. The normalized spacial score (nSPS) is 10.2. The third-order valence-electron chi connectivity index (χ3n) is 3.18. The minimum Gasteiger partial charge on any atom is -0.493 e. The lowest BCUT2D eigenvalue weighted by Gasteiger charge is -2.10. The monoisotopic (exact) mass is 294 g/mol. The first-order valence-corrected chi connectivity index (χ1v) is 7.39. The SMILES string of the molecule is CCCCNCC(=O)NCCc1ccc(OC)c(OC)c1. The largest absolute Gasteiger partial charge is 0.493 e. The molecule has 5 heteroatoms. The zero-order valence-electron chi connectivity index (χ0n) is 13.2. The number of ether oxygens (including phenoxy) is 2. The van der Waals surface area contributed by atoms with Crippen LogP contribution in [0.25, 0.3) is 0 Å². The molecule has 118 valence electrons. The van der Waals surface area contributed by atoms with Gasteiger partial charge in [0, 0.05) is 6.54 Å². The zero-order valence-corrected chi connectivity index (χ0v) is 13.2.